The Morgan fingerprint density at radius 3 is 2.80 bits per heavy atom. The predicted molar refractivity (Wildman–Crippen MR) is 63.0 cm³/mol. The van der Waals surface area contributed by atoms with Crippen LogP contribution < -0.4 is 11.1 Å². The van der Waals surface area contributed by atoms with Gasteiger partial charge in [-0.05, 0) is 32.4 Å². The molecule has 1 rings (SSSR count). The molecule has 0 bridgehead atoms. The van der Waals surface area contributed by atoms with Crippen molar-refractivity contribution in [1.82, 2.24) is 4.98 Å². The number of nitrogens with two attached hydrogens (primary N) is 1. The summed E-state index contributed by atoms with van der Waals surface area (Å²) in [6, 6.07) is 1.89. The number of nitrogen functional groups attached to an aromatic ring is 1. The van der Waals surface area contributed by atoms with E-state index in [1.54, 1.807) is 13.3 Å². The Balaban J connectivity index is 2.70. The number of nitrogens with zero attached hydrogens (tertiary/aromatic N) is 1. The van der Waals surface area contributed by atoms with Gasteiger partial charge in [0.05, 0.1) is 11.3 Å². The molecule has 0 saturated heterocycles. The highest BCUT2D eigenvalue weighted by Gasteiger charge is 2.16. The van der Waals surface area contributed by atoms with Crippen LogP contribution in [0.4, 0.5) is 11.5 Å². The van der Waals surface area contributed by atoms with Crippen molar-refractivity contribution in [2.45, 2.75) is 26.4 Å². The van der Waals surface area contributed by atoms with E-state index in [0.717, 1.165) is 11.4 Å². The zero-order valence-electron chi connectivity index (χ0n) is 9.79. The van der Waals surface area contributed by atoms with E-state index < -0.39 is 0 Å². The molecule has 1 aromatic rings. The maximum Gasteiger partial charge on any atom is 0.149 e. The lowest BCUT2D eigenvalue weighted by atomic mass is 10.1. The highest BCUT2D eigenvalue weighted by atomic mass is 16.5. The number of rotatable bonds is 4. The molecule has 84 valence electrons. The second kappa shape index (κ2) is 4.49. The fourth-order valence-electron chi connectivity index (χ4n) is 1.08. The van der Waals surface area contributed by atoms with Gasteiger partial charge in [-0.1, -0.05) is 0 Å². The van der Waals surface area contributed by atoms with E-state index >= 15 is 0 Å². The van der Waals surface area contributed by atoms with Crippen LogP contribution in [0.2, 0.25) is 0 Å². The molecular formula is C11H19N3O. The topological polar surface area (TPSA) is 60.2 Å². The number of aryl methyl sites for hydroxylation is 1. The molecule has 1 heterocycles. The Morgan fingerprint density at radius 1 is 1.53 bits per heavy atom. The lowest BCUT2D eigenvalue weighted by Crippen LogP contribution is -2.32. The lowest BCUT2D eigenvalue weighted by Gasteiger charge is -2.23. The molecule has 15 heavy (non-hydrogen) atoms. The first-order chi connectivity index (χ1) is 6.96. The Morgan fingerprint density at radius 2 is 2.20 bits per heavy atom. The van der Waals surface area contributed by atoms with Gasteiger partial charge >= 0.3 is 0 Å². The second-order valence-corrected chi connectivity index (χ2v) is 4.21. The van der Waals surface area contributed by atoms with Gasteiger partial charge in [-0.2, -0.15) is 0 Å². The van der Waals surface area contributed by atoms with Gasteiger partial charge in [-0.25, -0.2) is 4.98 Å². The Hall–Kier alpha value is -1.29. The van der Waals surface area contributed by atoms with Gasteiger partial charge in [0.25, 0.3) is 0 Å². The smallest absolute Gasteiger partial charge is 0.149 e. The van der Waals surface area contributed by atoms with Crippen LogP contribution in [-0.2, 0) is 4.74 Å². The molecule has 0 spiro atoms. The molecule has 0 aromatic carbocycles. The van der Waals surface area contributed by atoms with Gasteiger partial charge in [0.2, 0.25) is 0 Å². The average molecular weight is 209 g/mol. The lowest BCUT2D eigenvalue weighted by molar-refractivity contribution is 0.0343. The third kappa shape index (κ3) is 3.09. The van der Waals surface area contributed by atoms with Gasteiger partial charge in [-0.15, -0.1) is 0 Å². The quantitative estimate of drug-likeness (QED) is 0.794. The van der Waals surface area contributed by atoms with E-state index in [4.69, 9.17) is 10.5 Å². The van der Waals surface area contributed by atoms with Crippen molar-refractivity contribution in [3.05, 3.63) is 17.8 Å². The molecular weight excluding hydrogens is 190 g/mol. The number of methoxy groups -OCH3 is 1. The highest BCUT2D eigenvalue weighted by molar-refractivity contribution is 5.64. The summed E-state index contributed by atoms with van der Waals surface area (Å²) in [7, 11) is 1.69. The van der Waals surface area contributed by atoms with E-state index in [9.17, 15) is 0 Å². The molecule has 0 aliphatic carbocycles. The maximum atomic E-state index is 5.89. The van der Waals surface area contributed by atoms with E-state index in [1.807, 2.05) is 26.8 Å². The first-order valence-corrected chi connectivity index (χ1v) is 4.96. The van der Waals surface area contributed by atoms with Crippen LogP contribution in [0.3, 0.4) is 0 Å². The van der Waals surface area contributed by atoms with Crippen molar-refractivity contribution in [2.24, 2.45) is 0 Å². The van der Waals surface area contributed by atoms with Crippen molar-refractivity contribution in [1.29, 1.82) is 0 Å². The molecule has 4 heteroatoms. The Kier molecular flexibility index (Phi) is 3.52. The van der Waals surface area contributed by atoms with Crippen molar-refractivity contribution in [2.75, 3.05) is 24.7 Å². The molecule has 4 nitrogen and oxygen atoms in total. The minimum Gasteiger partial charge on any atom is -0.396 e. The summed E-state index contributed by atoms with van der Waals surface area (Å²) in [5.41, 5.74) is 7.39. The number of hydrogen-bond acceptors (Lipinski definition) is 4. The summed E-state index contributed by atoms with van der Waals surface area (Å²) in [6.45, 7) is 6.64. The number of pyridine rings is 1. The summed E-state index contributed by atoms with van der Waals surface area (Å²) in [6.07, 6.45) is 1.74. The fourth-order valence-corrected chi connectivity index (χ4v) is 1.08. The number of hydrogen-bond donors (Lipinski definition) is 2. The highest BCUT2D eigenvalue weighted by Crippen LogP contribution is 2.19. The van der Waals surface area contributed by atoms with Crippen molar-refractivity contribution in [3.63, 3.8) is 0 Å². The third-order valence-electron chi connectivity index (χ3n) is 2.44. The summed E-state index contributed by atoms with van der Waals surface area (Å²) in [4.78, 5) is 4.18. The van der Waals surface area contributed by atoms with Crippen molar-refractivity contribution < 1.29 is 4.74 Å². The summed E-state index contributed by atoms with van der Waals surface area (Å²) >= 11 is 0. The Labute approximate surface area is 90.8 Å². The maximum absolute atomic E-state index is 5.89. The largest absolute Gasteiger partial charge is 0.396 e. The van der Waals surface area contributed by atoms with Gasteiger partial charge in [0, 0.05) is 19.9 Å². The second-order valence-electron chi connectivity index (χ2n) is 4.21. The zero-order valence-corrected chi connectivity index (χ0v) is 9.79. The number of aromatic nitrogens is 1. The van der Waals surface area contributed by atoms with Crippen LogP contribution >= 0.6 is 0 Å². The van der Waals surface area contributed by atoms with Crippen LogP contribution in [0, 0.1) is 6.92 Å². The molecule has 0 unspecified atom stereocenters. The fraction of sp³-hybridized carbons (Fsp3) is 0.545. The molecule has 0 radical (unpaired) electrons. The Bertz CT molecular complexity index is 337. The van der Waals surface area contributed by atoms with Gasteiger partial charge < -0.3 is 15.8 Å². The molecule has 0 atom stereocenters. The summed E-state index contributed by atoms with van der Waals surface area (Å²) in [5, 5.41) is 3.18. The van der Waals surface area contributed by atoms with Crippen molar-refractivity contribution >= 4 is 11.5 Å². The zero-order chi connectivity index (χ0) is 11.5. The monoisotopic (exact) mass is 209 g/mol. The molecule has 3 N–H and O–H groups in total. The van der Waals surface area contributed by atoms with Crippen LogP contribution in [0.25, 0.3) is 0 Å². The van der Waals surface area contributed by atoms with Crippen LogP contribution in [0.15, 0.2) is 12.3 Å². The van der Waals surface area contributed by atoms with Gasteiger partial charge in [-0.3, -0.25) is 0 Å². The normalized spacial score (nSPS) is 11.5. The van der Waals surface area contributed by atoms with Crippen LogP contribution in [0.5, 0.6) is 0 Å². The van der Waals surface area contributed by atoms with Gasteiger partial charge in [0.1, 0.15) is 5.82 Å². The molecule has 0 aliphatic heterocycles. The molecule has 0 saturated carbocycles. The van der Waals surface area contributed by atoms with E-state index in [1.165, 1.54) is 0 Å². The summed E-state index contributed by atoms with van der Waals surface area (Å²) in [5.74, 6) is 0.722. The predicted octanol–water partition coefficient (Wildman–Crippen LogP) is 1.81. The first-order valence-electron chi connectivity index (χ1n) is 4.96. The van der Waals surface area contributed by atoms with E-state index in [0.29, 0.717) is 12.2 Å². The SMILES string of the molecule is COC(C)(C)CNc1nccc(C)c1N. The minimum absolute atomic E-state index is 0.224. The number of anilines is 2. The average Bonchev–Trinajstić information content (AvgIpc) is 2.20. The molecule has 0 fully saturated rings. The first kappa shape index (κ1) is 11.8. The van der Waals surface area contributed by atoms with E-state index in [-0.39, 0.29) is 5.60 Å². The number of ether oxygens (including phenoxy) is 1. The van der Waals surface area contributed by atoms with Crippen LogP contribution in [-0.4, -0.2) is 24.2 Å². The minimum atomic E-state index is -0.224. The third-order valence-corrected chi connectivity index (χ3v) is 2.44. The standard InChI is InChI=1S/C11H19N3O/c1-8-5-6-13-10(9(8)12)14-7-11(2,3)15-4/h5-6H,7,12H2,1-4H3,(H,13,14). The summed E-state index contributed by atoms with van der Waals surface area (Å²) < 4.78 is 5.30. The van der Waals surface area contributed by atoms with Crippen LogP contribution in [0.1, 0.15) is 19.4 Å². The van der Waals surface area contributed by atoms with Gasteiger partial charge in [0.15, 0.2) is 0 Å². The van der Waals surface area contributed by atoms with Crippen molar-refractivity contribution in [3.8, 4) is 0 Å². The number of nitrogens with one attached hydrogen (secondary N) is 1. The molecule has 0 aliphatic rings. The van der Waals surface area contributed by atoms with E-state index in [2.05, 4.69) is 10.3 Å². The molecule has 1 aromatic heterocycles. The molecule has 0 amide bonds.